The highest BCUT2D eigenvalue weighted by molar-refractivity contribution is 7.16. The van der Waals surface area contributed by atoms with Gasteiger partial charge in [-0.2, -0.15) is 0 Å². The molecule has 6 heteroatoms. The summed E-state index contributed by atoms with van der Waals surface area (Å²) >= 11 is 1.49. The molecular formula is C12H17N3O2S. The molecule has 0 saturated heterocycles. The van der Waals surface area contributed by atoms with E-state index in [4.69, 9.17) is 4.74 Å². The van der Waals surface area contributed by atoms with Crippen LogP contribution in [0.25, 0.3) is 10.2 Å². The van der Waals surface area contributed by atoms with Crippen molar-refractivity contribution < 1.29 is 4.74 Å². The van der Waals surface area contributed by atoms with E-state index in [2.05, 4.69) is 10.3 Å². The number of aromatic nitrogens is 2. The Kier molecular flexibility index (Phi) is 4.46. The van der Waals surface area contributed by atoms with Gasteiger partial charge in [-0.15, -0.1) is 11.3 Å². The summed E-state index contributed by atoms with van der Waals surface area (Å²) in [5.41, 5.74) is 0.0300. The fourth-order valence-corrected chi connectivity index (χ4v) is 2.52. The summed E-state index contributed by atoms with van der Waals surface area (Å²) in [6, 6.07) is 2.11. The Bertz CT molecular complexity index is 564. The molecule has 0 aliphatic rings. The normalized spacial score (nSPS) is 13.0. The smallest absolute Gasteiger partial charge is 0.262 e. The summed E-state index contributed by atoms with van der Waals surface area (Å²) in [6.07, 6.45) is 1.61. The number of hydrogen-bond donors (Lipinski definition) is 1. The molecule has 98 valence electrons. The van der Waals surface area contributed by atoms with Crippen molar-refractivity contribution in [1.29, 1.82) is 0 Å². The largest absolute Gasteiger partial charge is 0.383 e. The molecule has 0 aliphatic carbocycles. The number of thiophene rings is 1. The first kappa shape index (κ1) is 13.2. The summed E-state index contributed by atoms with van der Waals surface area (Å²) in [5.74, 6) is 0. The van der Waals surface area contributed by atoms with Gasteiger partial charge in [-0.05, 0) is 18.4 Å². The van der Waals surface area contributed by atoms with Crippen molar-refractivity contribution in [2.75, 3.05) is 20.3 Å². The third-order valence-corrected chi connectivity index (χ3v) is 3.53. The molecule has 2 aromatic heterocycles. The van der Waals surface area contributed by atoms with Gasteiger partial charge in [-0.25, -0.2) is 4.98 Å². The second-order valence-corrected chi connectivity index (χ2v) is 5.09. The highest BCUT2D eigenvalue weighted by Crippen LogP contribution is 2.12. The van der Waals surface area contributed by atoms with Crippen LogP contribution in [0, 0.1) is 0 Å². The number of rotatable bonds is 6. The van der Waals surface area contributed by atoms with Crippen LogP contribution in [0.15, 0.2) is 22.6 Å². The van der Waals surface area contributed by atoms with Gasteiger partial charge < -0.3 is 10.1 Å². The number of ether oxygens (including phenoxy) is 1. The molecule has 1 atom stereocenters. The highest BCUT2D eigenvalue weighted by atomic mass is 32.1. The van der Waals surface area contributed by atoms with Crippen LogP contribution in [0.1, 0.15) is 6.92 Å². The van der Waals surface area contributed by atoms with Crippen molar-refractivity contribution in [2.45, 2.75) is 19.5 Å². The van der Waals surface area contributed by atoms with Crippen LogP contribution < -0.4 is 10.9 Å². The predicted octanol–water partition coefficient (Wildman–Crippen LogP) is 1.08. The molecule has 18 heavy (non-hydrogen) atoms. The lowest BCUT2D eigenvalue weighted by Crippen LogP contribution is -2.34. The molecule has 1 N–H and O–H groups in total. The first-order valence-corrected chi connectivity index (χ1v) is 6.75. The molecule has 0 spiro atoms. The maximum absolute atomic E-state index is 12.1. The van der Waals surface area contributed by atoms with E-state index in [9.17, 15) is 4.79 Å². The molecule has 0 aliphatic heterocycles. The predicted molar refractivity (Wildman–Crippen MR) is 73.2 cm³/mol. The van der Waals surface area contributed by atoms with Crippen molar-refractivity contribution in [2.24, 2.45) is 0 Å². The zero-order valence-electron chi connectivity index (χ0n) is 10.5. The number of fused-ring (bicyclic) bond motifs is 1. The summed E-state index contributed by atoms with van der Waals surface area (Å²) in [5, 5.41) is 5.88. The van der Waals surface area contributed by atoms with Crippen LogP contribution in [-0.2, 0) is 11.3 Å². The third kappa shape index (κ3) is 2.95. The molecule has 2 aromatic rings. The Morgan fingerprint density at radius 2 is 2.44 bits per heavy atom. The van der Waals surface area contributed by atoms with E-state index in [0.717, 1.165) is 11.4 Å². The van der Waals surface area contributed by atoms with Crippen LogP contribution in [0.4, 0.5) is 0 Å². The van der Waals surface area contributed by atoms with E-state index in [-0.39, 0.29) is 11.6 Å². The molecule has 0 radical (unpaired) electrons. The van der Waals surface area contributed by atoms with Crippen LogP contribution in [-0.4, -0.2) is 35.9 Å². The van der Waals surface area contributed by atoms with Crippen molar-refractivity contribution in [1.82, 2.24) is 14.9 Å². The minimum atomic E-state index is 0.0300. The molecule has 0 saturated carbocycles. The molecule has 1 unspecified atom stereocenters. The van der Waals surface area contributed by atoms with E-state index < -0.39 is 0 Å². The van der Waals surface area contributed by atoms with Gasteiger partial charge in [0.1, 0.15) is 4.83 Å². The minimum absolute atomic E-state index is 0.0300. The summed E-state index contributed by atoms with van der Waals surface area (Å²) in [6.45, 7) is 4.05. The standard InChI is InChI=1S/C12H17N3O2S/c1-9(7-17-2)13-4-5-15-8-14-11-10(12(15)16)3-6-18-11/h3,6,8-9,13H,4-5,7H2,1-2H3. The topological polar surface area (TPSA) is 56.1 Å². The van der Waals surface area contributed by atoms with Gasteiger partial charge in [-0.1, -0.05) is 0 Å². The van der Waals surface area contributed by atoms with Crippen LogP contribution >= 0.6 is 11.3 Å². The summed E-state index contributed by atoms with van der Waals surface area (Å²) in [7, 11) is 1.68. The zero-order valence-corrected chi connectivity index (χ0v) is 11.4. The fraction of sp³-hybridized carbons (Fsp3) is 0.500. The van der Waals surface area contributed by atoms with Gasteiger partial charge in [0.15, 0.2) is 0 Å². The number of nitrogens with one attached hydrogen (secondary N) is 1. The van der Waals surface area contributed by atoms with Crippen molar-refractivity contribution >= 4 is 21.6 Å². The van der Waals surface area contributed by atoms with Crippen LogP contribution in [0.3, 0.4) is 0 Å². The van der Waals surface area contributed by atoms with Crippen molar-refractivity contribution in [3.05, 3.63) is 28.1 Å². The highest BCUT2D eigenvalue weighted by Gasteiger charge is 2.05. The number of methoxy groups -OCH3 is 1. The Morgan fingerprint density at radius 3 is 3.22 bits per heavy atom. The average molecular weight is 267 g/mol. The Labute approximate surface area is 109 Å². The Morgan fingerprint density at radius 1 is 1.61 bits per heavy atom. The first-order valence-electron chi connectivity index (χ1n) is 5.87. The van der Waals surface area contributed by atoms with Crippen LogP contribution in [0.2, 0.25) is 0 Å². The maximum atomic E-state index is 12.1. The lowest BCUT2D eigenvalue weighted by molar-refractivity contribution is 0.172. The van der Waals surface area contributed by atoms with E-state index >= 15 is 0 Å². The quantitative estimate of drug-likeness (QED) is 0.851. The number of hydrogen-bond acceptors (Lipinski definition) is 5. The van der Waals surface area contributed by atoms with Crippen molar-refractivity contribution in [3.8, 4) is 0 Å². The second-order valence-electron chi connectivity index (χ2n) is 4.19. The van der Waals surface area contributed by atoms with Crippen LogP contribution in [0.5, 0.6) is 0 Å². The van der Waals surface area contributed by atoms with Gasteiger partial charge in [0.25, 0.3) is 5.56 Å². The average Bonchev–Trinajstić information content (AvgIpc) is 2.81. The van der Waals surface area contributed by atoms with Gasteiger partial charge in [0, 0.05) is 26.2 Å². The molecule has 5 nitrogen and oxygen atoms in total. The van der Waals surface area contributed by atoms with Gasteiger partial charge in [0.2, 0.25) is 0 Å². The maximum Gasteiger partial charge on any atom is 0.262 e. The monoisotopic (exact) mass is 267 g/mol. The zero-order chi connectivity index (χ0) is 13.0. The molecule has 0 fully saturated rings. The van der Waals surface area contributed by atoms with Gasteiger partial charge in [0.05, 0.1) is 18.3 Å². The third-order valence-electron chi connectivity index (χ3n) is 2.71. The van der Waals surface area contributed by atoms with Gasteiger partial charge >= 0.3 is 0 Å². The summed E-state index contributed by atoms with van der Waals surface area (Å²) < 4.78 is 6.68. The molecule has 2 heterocycles. The lowest BCUT2D eigenvalue weighted by Gasteiger charge is -2.13. The molecule has 0 aromatic carbocycles. The van der Waals surface area contributed by atoms with E-state index in [1.54, 1.807) is 18.0 Å². The summed E-state index contributed by atoms with van der Waals surface area (Å²) in [4.78, 5) is 17.1. The minimum Gasteiger partial charge on any atom is -0.383 e. The molecular weight excluding hydrogens is 250 g/mol. The molecule has 0 amide bonds. The van der Waals surface area contributed by atoms with E-state index in [1.165, 1.54) is 11.3 Å². The Hall–Kier alpha value is -1.24. The van der Waals surface area contributed by atoms with E-state index in [0.29, 0.717) is 18.5 Å². The lowest BCUT2D eigenvalue weighted by atomic mass is 10.3. The second kappa shape index (κ2) is 6.08. The first-order chi connectivity index (χ1) is 8.72. The SMILES string of the molecule is COCC(C)NCCn1cnc2sccc2c1=O. The fourth-order valence-electron chi connectivity index (χ4n) is 1.79. The van der Waals surface area contributed by atoms with Crippen molar-refractivity contribution in [3.63, 3.8) is 0 Å². The van der Waals surface area contributed by atoms with E-state index in [1.807, 2.05) is 18.4 Å². The Balaban J connectivity index is 1.99. The molecule has 0 bridgehead atoms. The number of nitrogens with zero attached hydrogens (tertiary/aromatic N) is 2. The molecule has 2 rings (SSSR count). The van der Waals surface area contributed by atoms with Gasteiger partial charge in [-0.3, -0.25) is 9.36 Å².